The van der Waals surface area contributed by atoms with Crippen LogP contribution >= 0.6 is 0 Å². The van der Waals surface area contributed by atoms with E-state index in [1.165, 1.54) is 18.5 Å². The van der Waals surface area contributed by atoms with Gasteiger partial charge in [-0.3, -0.25) is 4.98 Å². The topological polar surface area (TPSA) is 101 Å². The van der Waals surface area contributed by atoms with E-state index in [1.54, 1.807) is 0 Å². The number of nitrogens with zero attached hydrogens (tertiary/aromatic N) is 1. The SMILES string of the molecule is CC1(NC(=O)Nc2cncc(C(=O)O)c2)CCCOC1. The highest BCUT2D eigenvalue weighted by atomic mass is 16.5. The van der Waals surface area contributed by atoms with Crippen LogP contribution in [0, 0.1) is 0 Å². The van der Waals surface area contributed by atoms with Gasteiger partial charge < -0.3 is 20.5 Å². The molecule has 108 valence electrons. The first kappa shape index (κ1) is 14.3. The summed E-state index contributed by atoms with van der Waals surface area (Å²) in [5.74, 6) is -1.09. The highest BCUT2D eigenvalue weighted by molar-refractivity contribution is 5.92. The third-order valence-corrected chi connectivity index (χ3v) is 3.10. The molecule has 0 saturated carbocycles. The maximum absolute atomic E-state index is 11.9. The number of rotatable bonds is 3. The number of pyridine rings is 1. The number of carbonyl (C=O) groups is 2. The first-order valence-electron chi connectivity index (χ1n) is 6.34. The molecule has 1 saturated heterocycles. The zero-order valence-electron chi connectivity index (χ0n) is 11.2. The number of hydrogen-bond acceptors (Lipinski definition) is 4. The number of ether oxygens (including phenoxy) is 1. The number of aromatic carboxylic acids is 1. The zero-order valence-corrected chi connectivity index (χ0v) is 11.2. The summed E-state index contributed by atoms with van der Waals surface area (Å²) in [6.45, 7) is 3.09. The van der Waals surface area contributed by atoms with E-state index in [0.717, 1.165) is 12.8 Å². The summed E-state index contributed by atoms with van der Waals surface area (Å²) in [5, 5.41) is 14.3. The van der Waals surface area contributed by atoms with Gasteiger partial charge in [-0.2, -0.15) is 0 Å². The first-order chi connectivity index (χ1) is 9.48. The molecule has 0 spiro atoms. The first-order valence-corrected chi connectivity index (χ1v) is 6.34. The average molecular weight is 279 g/mol. The van der Waals surface area contributed by atoms with Crippen molar-refractivity contribution in [1.82, 2.24) is 10.3 Å². The molecule has 1 aliphatic rings. The van der Waals surface area contributed by atoms with Crippen molar-refractivity contribution in [2.45, 2.75) is 25.3 Å². The smallest absolute Gasteiger partial charge is 0.337 e. The van der Waals surface area contributed by atoms with E-state index in [9.17, 15) is 9.59 Å². The highest BCUT2D eigenvalue weighted by Crippen LogP contribution is 2.18. The van der Waals surface area contributed by atoms with E-state index in [0.29, 0.717) is 18.9 Å². The Morgan fingerprint density at radius 1 is 1.45 bits per heavy atom. The Kier molecular flexibility index (Phi) is 4.19. The third-order valence-electron chi connectivity index (χ3n) is 3.10. The number of amides is 2. The second-order valence-corrected chi connectivity index (χ2v) is 5.06. The molecular weight excluding hydrogens is 262 g/mol. The Morgan fingerprint density at radius 3 is 2.90 bits per heavy atom. The molecule has 2 rings (SSSR count). The number of carboxylic acid groups (broad SMARTS) is 1. The van der Waals surface area contributed by atoms with E-state index >= 15 is 0 Å². The lowest BCUT2D eigenvalue weighted by molar-refractivity contribution is 0.0342. The van der Waals surface area contributed by atoms with Gasteiger partial charge in [0.15, 0.2) is 0 Å². The molecule has 20 heavy (non-hydrogen) atoms. The molecule has 2 heterocycles. The summed E-state index contributed by atoms with van der Waals surface area (Å²) >= 11 is 0. The van der Waals surface area contributed by atoms with Crippen LogP contribution < -0.4 is 10.6 Å². The molecule has 1 aromatic rings. The van der Waals surface area contributed by atoms with Crippen molar-refractivity contribution in [3.05, 3.63) is 24.0 Å². The highest BCUT2D eigenvalue weighted by Gasteiger charge is 2.29. The van der Waals surface area contributed by atoms with Crippen LogP contribution in [0.15, 0.2) is 18.5 Å². The van der Waals surface area contributed by atoms with Crippen LogP contribution in [-0.4, -0.2) is 40.8 Å². The van der Waals surface area contributed by atoms with Gasteiger partial charge in [-0.1, -0.05) is 0 Å². The lowest BCUT2D eigenvalue weighted by Crippen LogP contribution is -2.52. The predicted octanol–water partition coefficient (Wildman–Crippen LogP) is 1.47. The normalized spacial score (nSPS) is 22.1. The van der Waals surface area contributed by atoms with Gasteiger partial charge in [0.05, 0.1) is 29.6 Å². The Morgan fingerprint density at radius 2 is 2.25 bits per heavy atom. The van der Waals surface area contributed by atoms with Gasteiger partial charge in [0, 0.05) is 12.8 Å². The van der Waals surface area contributed by atoms with Crippen LogP contribution in [-0.2, 0) is 4.74 Å². The Hall–Kier alpha value is -2.15. The van der Waals surface area contributed by atoms with E-state index < -0.39 is 17.5 Å². The minimum atomic E-state index is -1.09. The summed E-state index contributed by atoms with van der Waals surface area (Å²) in [6.07, 6.45) is 4.36. The number of hydrogen-bond donors (Lipinski definition) is 3. The Labute approximate surface area is 116 Å². The third kappa shape index (κ3) is 3.67. The average Bonchev–Trinajstić information content (AvgIpc) is 2.39. The molecule has 7 nitrogen and oxygen atoms in total. The summed E-state index contributed by atoms with van der Waals surface area (Å²) in [6, 6.07) is 0.955. The van der Waals surface area contributed by atoms with E-state index in [1.807, 2.05) is 6.92 Å². The van der Waals surface area contributed by atoms with Crippen LogP contribution in [0.25, 0.3) is 0 Å². The molecule has 1 atom stereocenters. The molecule has 0 aromatic carbocycles. The summed E-state index contributed by atoms with van der Waals surface area (Å²) < 4.78 is 5.35. The standard InChI is InChI=1S/C13H17N3O4/c1-13(3-2-4-20-8-13)16-12(19)15-10-5-9(11(17)18)6-14-7-10/h5-7H,2-4,8H2,1H3,(H,17,18)(H2,15,16,19). The van der Waals surface area contributed by atoms with E-state index in [2.05, 4.69) is 15.6 Å². The molecule has 0 aliphatic carbocycles. The van der Waals surface area contributed by atoms with Crippen molar-refractivity contribution < 1.29 is 19.4 Å². The van der Waals surface area contributed by atoms with Crippen LogP contribution in [0.3, 0.4) is 0 Å². The van der Waals surface area contributed by atoms with Gasteiger partial charge in [0.2, 0.25) is 0 Å². The van der Waals surface area contributed by atoms with Gasteiger partial charge >= 0.3 is 12.0 Å². The largest absolute Gasteiger partial charge is 0.478 e. The quantitative estimate of drug-likeness (QED) is 0.778. The van der Waals surface area contributed by atoms with Crippen LogP contribution in [0.1, 0.15) is 30.1 Å². The number of carbonyl (C=O) groups excluding carboxylic acids is 1. The van der Waals surface area contributed by atoms with Crippen molar-refractivity contribution in [2.75, 3.05) is 18.5 Å². The summed E-state index contributed by atoms with van der Waals surface area (Å²) in [5.41, 5.74) is -0.0436. The minimum Gasteiger partial charge on any atom is -0.478 e. The minimum absolute atomic E-state index is 0.0232. The van der Waals surface area contributed by atoms with Crippen molar-refractivity contribution in [3.63, 3.8) is 0 Å². The fraction of sp³-hybridized carbons (Fsp3) is 0.462. The van der Waals surface area contributed by atoms with Crippen molar-refractivity contribution >= 4 is 17.7 Å². The van der Waals surface area contributed by atoms with E-state index in [-0.39, 0.29) is 5.56 Å². The number of anilines is 1. The molecule has 1 aliphatic heterocycles. The lowest BCUT2D eigenvalue weighted by Gasteiger charge is -2.34. The molecule has 1 aromatic heterocycles. The van der Waals surface area contributed by atoms with Crippen molar-refractivity contribution in [1.29, 1.82) is 0 Å². The second-order valence-electron chi connectivity index (χ2n) is 5.06. The second kappa shape index (κ2) is 5.87. The zero-order chi connectivity index (χ0) is 14.6. The molecular formula is C13H17N3O4. The monoisotopic (exact) mass is 279 g/mol. The van der Waals surface area contributed by atoms with Gasteiger partial charge in [-0.25, -0.2) is 9.59 Å². The molecule has 0 radical (unpaired) electrons. The predicted molar refractivity (Wildman–Crippen MR) is 71.8 cm³/mol. The van der Waals surface area contributed by atoms with Gasteiger partial charge in [-0.05, 0) is 25.8 Å². The van der Waals surface area contributed by atoms with Gasteiger partial charge in [0.25, 0.3) is 0 Å². The van der Waals surface area contributed by atoms with Gasteiger partial charge in [0.1, 0.15) is 0 Å². The van der Waals surface area contributed by atoms with Crippen LogP contribution in [0.5, 0.6) is 0 Å². The van der Waals surface area contributed by atoms with Crippen molar-refractivity contribution in [3.8, 4) is 0 Å². The van der Waals surface area contributed by atoms with Crippen molar-refractivity contribution in [2.24, 2.45) is 0 Å². The van der Waals surface area contributed by atoms with Gasteiger partial charge in [-0.15, -0.1) is 0 Å². The molecule has 7 heteroatoms. The fourth-order valence-electron chi connectivity index (χ4n) is 2.09. The molecule has 2 amide bonds. The number of carboxylic acids is 1. The van der Waals surface area contributed by atoms with Crippen LogP contribution in [0.2, 0.25) is 0 Å². The van der Waals surface area contributed by atoms with Crippen LogP contribution in [0.4, 0.5) is 10.5 Å². The van der Waals surface area contributed by atoms with E-state index in [4.69, 9.17) is 9.84 Å². The summed E-state index contributed by atoms with van der Waals surface area (Å²) in [7, 11) is 0. The molecule has 0 bridgehead atoms. The number of aromatic nitrogens is 1. The maximum atomic E-state index is 11.9. The maximum Gasteiger partial charge on any atom is 0.337 e. The number of urea groups is 1. The molecule has 1 fully saturated rings. The molecule has 1 unspecified atom stereocenters. The Balaban J connectivity index is 1.97. The summed E-state index contributed by atoms with van der Waals surface area (Å²) in [4.78, 5) is 26.5. The Bertz CT molecular complexity index is 512. The lowest BCUT2D eigenvalue weighted by atomic mass is 9.95. The number of nitrogens with one attached hydrogen (secondary N) is 2. The molecule has 3 N–H and O–H groups in total. The fourth-order valence-corrected chi connectivity index (χ4v) is 2.09.